The first-order chi connectivity index (χ1) is 9.04. The number of carboxylic acids is 1. The Morgan fingerprint density at radius 3 is 2.37 bits per heavy atom. The highest BCUT2D eigenvalue weighted by Crippen LogP contribution is 2.16. The molecule has 0 aliphatic carbocycles. The Kier molecular flexibility index (Phi) is 6.27. The van der Waals surface area contributed by atoms with Gasteiger partial charge >= 0.3 is 5.97 Å². The topological polar surface area (TPSA) is 98.7 Å². The number of hydrogen-bond donors (Lipinski definition) is 3. The van der Waals surface area contributed by atoms with E-state index >= 15 is 0 Å². The normalized spacial score (nSPS) is 16.2. The number of amides is 2. The van der Waals surface area contributed by atoms with Gasteiger partial charge in [-0.1, -0.05) is 0 Å². The van der Waals surface area contributed by atoms with Gasteiger partial charge in [0.05, 0.1) is 19.0 Å². The van der Waals surface area contributed by atoms with E-state index in [1.165, 1.54) is 0 Å². The van der Waals surface area contributed by atoms with Crippen molar-refractivity contribution < 1.29 is 19.5 Å². The zero-order valence-electron chi connectivity index (χ0n) is 11.1. The summed E-state index contributed by atoms with van der Waals surface area (Å²) >= 11 is 0. The predicted octanol–water partition coefficient (Wildman–Crippen LogP) is -0.965. The maximum atomic E-state index is 11.8. The molecule has 19 heavy (non-hydrogen) atoms. The van der Waals surface area contributed by atoms with E-state index in [0.29, 0.717) is 32.5 Å². The van der Waals surface area contributed by atoms with Crippen LogP contribution in [0.25, 0.3) is 0 Å². The first-order valence-electron chi connectivity index (χ1n) is 6.52. The Labute approximate surface area is 112 Å². The molecule has 1 fully saturated rings. The van der Waals surface area contributed by atoms with Gasteiger partial charge in [0.2, 0.25) is 11.8 Å². The quantitative estimate of drug-likeness (QED) is 0.577. The second-order valence-electron chi connectivity index (χ2n) is 4.55. The smallest absolute Gasteiger partial charge is 0.306 e. The maximum absolute atomic E-state index is 11.8. The van der Waals surface area contributed by atoms with Gasteiger partial charge in [0, 0.05) is 19.6 Å². The van der Waals surface area contributed by atoms with E-state index in [2.05, 4.69) is 10.6 Å². The molecular weight excluding hydrogens is 250 g/mol. The molecule has 3 N–H and O–H groups in total. The van der Waals surface area contributed by atoms with Crippen LogP contribution in [0, 0.1) is 5.92 Å². The van der Waals surface area contributed by atoms with Crippen molar-refractivity contribution in [2.24, 2.45) is 5.92 Å². The van der Waals surface area contributed by atoms with E-state index in [-0.39, 0.29) is 30.8 Å². The number of nitrogens with one attached hydrogen (secondary N) is 2. The molecule has 0 radical (unpaired) electrons. The molecule has 0 aromatic carbocycles. The minimum atomic E-state index is -0.790. The maximum Gasteiger partial charge on any atom is 0.306 e. The number of carbonyl (C=O) groups excluding carboxylic acids is 2. The monoisotopic (exact) mass is 271 g/mol. The molecule has 7 heteroatoms. The van der Waals surface area contributed by atoms with Crippen molar-refractivity contribution in [2.75, 3.05) is 32.7 Å². The fourth-order valence-corrected chi connectivity index (χ4v) is 2.03. The molecule has 2 amide bonds. The molecular formula is C12H21N3O4. The third-order valence-corrected chi connectivity index (χ3v) is 3.13. The first-order valence-corrected chi connectivity index (χ1v) is 6.52. The van der Waals surface area contributed by atoms with E-state index < -0.39 is 5.97 Å². The Bertz CT molecular complexity index is 338. The fourth-order valence-electron chi connectivity index (χ4n) is 2.03. The van der Waals surface area contributed by atoms with Crippen molar-refractivity contribution in [2.45, 2.75) is 19.8 Å². The largest absolute Gasteiger partial charge is 0.481 e. The number of aliphatic carboxylic acids is 1. The lowest BCUT2D eigenvalue weighted by Gasteiger charge is -2.30. The minimum absolute atomic E-state index is 0.0897. The molecule has 1 heterocycles. The fraction of sp³-hybridized carbons (Fsp3) is 0.750. The van der Waals surface area contributed by atoms with Crippen molar-refractivity contribution >= 4 is 17.8 Å². The predicted molar refractivity (Wildman–Crippen MR) is 68.5 cm³/mol. The van der Waals surface area contributed by atoms with Crippen LogP contribution in [0.4, 0.5) is 0 Å². The van der Waals surface area contributed by atoms with E-state index in [1.54, 1.807) is 4.90 Å². The zero-order chi connectivity index (χ0) is 14.3. The molecule has 108 valence electrons. The van der Waals surface area contributed by atoms with Crippen LogP contribution >= 0.6 is 0 Å². The van der Waals surface area contributed by atoms with E-state index in [0.717, 1.165) is 0 Å². The average Bonchev–Trinajstić information content (AvgIpc) is 2.39. The van der Waals surface area contributed by atoms with Gasteiger partial charge in [-0.15, -0.1) is 0 Å². The van der Waals surface area contributed by atoms with Crippen molar-refractivity contribution in [1.82, 2.24) is 15.5 Å². The van der Waals surface area contributed by atoms with Crippen LogP contribution in [0.2, 0.25) is 0 Å². The van der Waals surface area contributed by atoms with Crippen LogP contribution in [-0.2, 0) is 14.4 Å². The van der Waals surface area contributed by atoms with E-state index in [1.807, 2.05) is 6.92 Å². The van der Waals surface area contributed by atoms with Gasteiger partial charge in [-0.05, 0) is 19.8 Å². The number of likely N-dealkylation sites (N-methyl/N-ethyl adjacent to an activating group) is 1. The SMILES string of the molecule is CCNC(=O)CNCC(=O)N1CCC(C(=O)O)CC1. The summed E-state index contributed by atoms with van der Waals surface area (Å²) in [5.41, 5.74) is 0. The van der Waals surface area contributed by atoms with Crippen LogP contribution in [0.1, 0.15) is 19.8 Å². The molecule has 0 bridgehead atoms. The molecule has 1 aliphatic heterocycles. The van der Waals surface area contributed by atoms with Crippen LogP contribution < -0.4 is 10.6 Å². The van der Waals surface area contributed by atoms with Crippen molar-refractivity contribution in [1.29, 1.82) is 0 Å². The van der Waals surface area contributed by atoms with E-state index in [9.17, 15) is 14.4 Å². The second kappa shape index (κ2) is 7.73. The molecule has 1 aliphatic rings. The Morgan fingerprint density at radius 1 is 1.21 bits per heavy atom. The summed E-state index contributed by atoms with van der Waals surface area (Å²) in [6.45, 7) is 3.56. The molecule has 0 unspecified atom stereocenters. The number of piperidine rings is 1. The first kappa shape index (κ1) is 15.4. The summed E-state index contributed by atoms with van der Waals surface area (Å²) in [6, 6.07) is 0. The lowest BCUT2D eigenvalue weighted by molar-refractivity contribution is -0.145. The summed E-state index contributed by atoms with van der Waals surface area (Å²) < 4.78 is 0. The molecule has 0 aromatic rings. The van der Waals surface area contributed by atoms with Gasteiger partial charge in [0.15, 0.2) is 0 Å². The summed E-state index contributed by atoms with van der Waals surface area (Å²) in [7, 11) is 0. The number of hydrogen-bond acceptors (Lipinski definition) is 4. The number of likely N-dealkylation sites (tertiary alicyclic amines) is 1. The van der Waals surface area contributed by atoms with Crippen LogP contribution in [0.3, 0.4) is 0 Å². The molecule has 0 atom stereocenters. The Hall–Kier alpha value is -1.63. The van der Waals surface area contributed by atoms with Gasteiger partial charge in [-0.25, -0.2) is 0 Å². The number of rotatable bonds is 6. The number of carbonyl (C=O) groups is 3. The van der Waals surface area contributed by atoms with Crippen molar-refractivity contribution in [3.63, 3.8) is 0 Å². The minimum Gasteiger partial charge on any atom is -0.481 e. The van der Waals surface area contributed by atoms with Gasteiger partial charge in [-0.2, -0.15) is 0 Å². The molecule has 1 saturated heterocycles. The van der Waals surface area contributed by atoms with Gasteiger partial charge < -0.3 is 15.3 Å². The highest BCUT2D eigenvalue weighted by molar-refractivity contribution is 5.81. The lowest BCUT2D eigenvalue weighted by atomic mass is 9.97. The second-order valence-corrected chi connectivity index (χ2v) is 4.55. The molecule has 0 aromatic heterocycles. The standard InChI is InChI=1S/C12H21N3O4/c1-2-14-10(16)7-13-8-11(17)15-5-3-9(4-6-15)12(18)19/h9,13H,2-8H2,1H3,(H,14,16)(H,18,19). The summed E-state index contributed by atoms with van der Waals surface area (Å²) in [6.07, 6.45) is 0.995. The Balaban J connectivity index is 2.21. The number of nitrogens with zero attached hydrogens (tertiary/aromatic N) is 1. The molecule has 0 saturated carbocycles. The molecule has 7 nitrogen and oxygen atoms in total. The van der Waals surface area contributed by atoms with Crippen LogP contribution in [0.15, 0.2) is 0 Å². The molecule has 0 spiro atoms. The highest BCUT2D eigenvalue weighted by Gasteiger charge is 2.26. The van der Waals surface area contributed by atoms with Crippen LogP contribution in [-0.4, -0.2) is 60.5 Å². The summed E-state index contributed by atoms with van der Waals surface area (Å²) in [5.74, 6) is -1.36. The molecule has 1 rings (SSSR count). The van der Waals surface area contributed by atoms with Gasteiger partial charge in [-0.3, -0.25) is 19.7 Å². The van der Waals surface area contributed by atoms with E-state index in [4.69, 9.17) is 5.11 Å². The Morgan fingerprint density at radius 2 is 1.84 bits per heavy atom. The number of carboxylic acid groups (broad SMARTS) is 1. The van der Waals surface area contributed by atoms with Gasteiger partial charge in [0.1, 0.15) is 0 Å². The van der Waals surface area contributed by atoms with Gasteiger partial charge in [0.25, 0.3) is 0 Å². The lowest BCUT2D eigenvalue weighted by Crippen LogP contribution is -2.45. The summed E-state index contributed by atoms with van der Waals surface area (Å²) in [5, 5.41) is 14.3. The highest BCUT2D eigenvalue weighted by atomic mass is 16.4. The zero-order valence-corrected chi connectivity index (χ0v) is 11.1. The third kappa shape index (κ3) is 5.25. The van der Waals surface area contributed by atoms with Crippen molar-refractivity contribution in [3.8, 4) is 0 Å². The summed E-state index contributed by atoms with van der Waals surface area (Å²) in [4.78, 5) is 35.4. The average molecular weight is 271 g/mol. The van der Waals surface area contributed by atoms with Crippen molar-refractivity contribution in [3.05, 3.63) is 0 Å². The van der Waals surface area contributed by atoms with Crippen LogP contribution in [0.5, 0.6) is 0 Å². The third-order valence-electron chi connectivity index (χ3n) is 3.13.